The van der Waals surface area contributed by atoms with Crippen LogP contribution in [0.4, 0.5) is 0 Å². The maximum absolute atomic E-state index is 12.4. The number of carboxylic acids is 1. The lowest BCUT2D eigenvalue weighted by atomic mass is 9.79. The summed E-state index contributed by atoms with van der Waals surface area (Å²) in [6.07, 6.45) is 5.51. The Morgan fingerprint density at radius 1 is 1.14 bits per heavy atom. The Kier molecular flexibility index (Phi) is 9.87. The van der Waals surface area contributed by atoms with Gasteiger partial charge in [-0.25, -0.2) is 0 Å². The van der Waals surface area contributed by atoms with E-state index in [1.807, 2.05) is 66.7 Å². The molecular weight excluding hydrogens is 484 g/mol. The monoisotopic (exact) mass is 514 g/mol. The van der Waals surface area contributed by atoms with Crippen molar-refractivity contribution in [3.63, 3.8) is 0 Å². The van der Waals surface area contributed by atoms with E-state index in [0.717, 1.165) is 28.2 Å². The van der Waals surface area contributed by atoms with E-state index in [9.17, 15) is 14.7 Å². The Labute approximate surface area is 216 Å². The normalized spacial score (nSPS) is 17.1. The highest BCUT2D eigenvalue weighted by Crippen LogP contribution is 2.39. The molecule has 0 aliphatic heterocycles. The number of carbonyl (C=O) groups excluding carboxylic acids is 1. The second-order valence-electron chi connectivity index (χ2n) is 8.35. The molecule has 2 aromatic rings. The summed E-state index contributed by atoms with van der Waals surface area (Å²) in [6, 6.07) is 18.0. The van der Waals surface area contributed by atoms with E-state index in [4.69, 9.17) is 21.1 Å². The molecule has 1 aliphatic carbocycles. The minimum atomic E-state index is -1.56. The van der Waals surface area contributed by atoms with Crippen LogP contribution in [0.1, 0.15) is 45.1 Å². The molecule has 0 fully saturated rings. The van der Waals surface area contributed by atoms with Gasteiger partial charge in [0.25, 0.3) is 0 Å². The molecule has 186 valence electrons. The summed E-state index contributed by atoms with van der Waals surface area (Å²) >= 11 is 8.27. The summed E-state index contributed by atoms with van der Waals surface area (Å²) in [5, 5.41) is 10.5. The second kappa shape index (κ2) is 12.8. The van der Waals surface area contributed by atoms with Crippen LogP contribution >= 0.6 is 23.4 Å². The zero-order valence-corrected chi connectivity index (χ0v) is 21.6. The summed E-state index contributed by atoms with van der Waals surface area (Å²) in [7, 11) is 0. The van der Waals surface area contributed by atoms with E-state index in [2.05, 4.69) is 0 Å². The van der Waals surface area contributed by atoms with Crippen molar-refractivity contribution in [2.24, 2.45) is 5.41 Å². The van der Waals surface area contributed by atoms with Crippen LogP contribution in [-0.4, -0.2) is 28.9 Å². The number of aliphatic carboxylic acids is 1. The van der Waals surface area contributed by atoms with Gasteiger partial charge in [0.1, 0.15) is 12.4 Å². The van der Waals surface area contributed by atoms with Gasteiger partial charge in [-0.05, 0) is 61.9 Å². The smallest absolute Gasteiger partial charge is 0.323 e. The summed E-state index contributed by atoms with van der Waals surface area (Å²) in [5.74, 6) is -1.03. The largest absolute Gasteiger partial charge is 0.489 e. The van der Waals surface area contributed by atoms with Crippen LogP contribution < -0.4 is 4.74 Å². The summed E-state index contributed by atoms with van der Waals surface area (Å²) in [4.78, 5) is 25.4. The van der Waals surface area contributed by atoms with E-state index >= 15 is 0 Å². The topological polar surface area (TPSA) is 72.8 Å². The van der Waals surface area contributed by atoms with Crippen LogP contribution in [-0.2, 0) is 20.9 Å². The van der Waals surface area contributed by atoms with Crippen molar-refractivity contribution >= 4 is 35.3 Å². The van der Waals surface area contributed by atoms with Gasteiger partial charge in [-0.1, -0.05) is 67.1 Å². The van der Waals surface area contributed by atoms with Crippen LogP contribution in [0.25, 0.3) is 0 Å². The number of ether oxygens (including phenoxy) is 2. The molecule has 0 saturated heterocycles. The second-order valence-corrected chi connectivity index (χ2v) is 10.1. The van der Waals surface area contributed by atoms with Gasteiger partial charge in [-0.2, -0.15) is 0 Å². The Balaban J connectivity index is 1.59. The molecule has 2 unspecified atom stereocenters. The first-order valence-corrected chi connectivity index (χ1v) is 13.0. The maximum Gasteiger partial charge on any atom is 0.323 e. The Hall–Kier alpha value is -2.70. The predicted octanol–water partition coefficient (Wildman–Crippen LogP) is 7.00. The fourth-order valence-corrected chi connectivity index (χ4v) is 5.42. The van der Waals surface area contributed by atoms with Crippen LogP contribution in [0.15, 0.2) is 82.3 Å². The summed E-state index contributed by atoms with van der Waals surface area (Å²) in [5.41, 5.74) is 0.426. The highest BCUT2D eigenvalue weighted by molar-refractivity contribution is 8.00. The van der Waals surface area contributed by atoms with Crippen LogP contribution in [0.3, 0.4) is 0 Å². The average Bonchev–Trinajstić information content (AvgIpc) is 2.85. The number of hydrogen-bond donors (Lipinski definition) is 1. The van der Waals surface area contributed by atoms with Gasteiger partial charge in [0, 0.05) is 15.2 Å². The van der Waals surface area contributed by atoms with Gasteiger partial charge in [0.15, 0.2) is 5.41 Å². The minimum absolute atomic E-state index is 0.145. The number of rotatable bonds is 12. The van der Waals surface area contributed by atoms with Crippen molar-refractivity contribution in [3.8, 4) is 5.75 Å². The van der Waals surface area contributed by atoms with Gasteiger partial charge in [-0.15, -0.1) is 11.8 Å². The maximum atomic E-state index is 12.4. The molecular formula is C28H31ClO5S. The molecule has 0 heterocycles. The van der Waals surface area contributed by atoms with Crippen molar-refractivity contribution in [1.29, 1.82) is 0 Å². The number of carbonyl (C=O) groups is 2. The number of carboxylic acid groups (broad SMARTS) is 1. The third kappa shape index (κ3) is 7.15. The number of benzene rings is 2. The third-order valence-corrected chi connectivity index (χ3v) is 7.60. The zero-order valence-electron chi connectivity index (χ0n) is 20.0. The van der Waals surface area contributed by atoms with Crippen molar-refractivity contribution < 1.29 is 24.2 Å². The van der Waals surface area contributed by atoms with E-state index in [0.29, 0.717) is 18.1 Å². The van der Waals surface area contributed by atoms with Crippen LogP contribution in [0, 0.1) is 5.41 Å². The van der Waals surface area contributed by atoms with Gasteiger partial charge in [0.05, 0.1) is 6.61 Å². The molecule has 0 amide bonds. The Morgan fingerprint density at radius 2 is 1.91 bits per heavy atom. The van der Waals surface area contributed by atoms with Gasteiger partial charge in [-0.3, -0.25) is 9.59 Å². The van der Waals surface area contributed by atoms with Gasteiger partial charge >= 0.3 is 11.9 Å². The molecule has 35 heavy (non-hydrogen) atoms. The average molecular weight is 515 g/mol. The SMILES string of the molecule is CCOC(=O)C(CC)(CCC1=CCC(Sc2cccc(OCc3ccccc3)c2)C=C1Cl)C(=O)O. The molecule has 0 bridgehead atoms. The number of esters is 1. The van der Waals surface area contributed by atoms with Gasteiger partial charge in [0.2, 0.25) is 0 Å². The molecule has 7 heteroatoms. The molecule has 2 aromatic carbocycles. The quantitative estimate of drug-likeness (QED) is 0.243. The Bertz CT molecular complexity index is 1080. The molecule has 2 atom stereocenters. The number of halogens is 1. The number of thioether (sulfide) groups is 1. The van der Waals surface area contributed by atoms with Crippen molar-refractivity contribution in [2.45, 2.75) is 56.3 Å². The summed E-state index contributed by atoms with van der Waals surface area (Å²) in [6.45, 7) is 4.03. The van der Waals surface area contributed by atoms with E-state index < -0.39 is 17.4 Å². The van der Waals surface area contributed by atoms with E-state index in [1.54, 1.807) is 25.6 Å². The van der Waals surface area contributed by atoms with E-state index in [1.165, 1.54) is 0 Å². The zero-order chi connectivity index (χ0) is 25.3. The lowest BCUT2D eigenvalue weighted by Crippen LogP contribution is -2.40. The lowest BCUT2D eigenvalue weighted by molar-refractivity contribution is -0.169. The molecule has 1 aliphatic rings. The van der Waals surface area contributed by atoms with Crippen molar-refractivity contribution in [2.75, 3.05) is 6.61 Å². The first-order chi connectivity index (χ1) is 16.9. The minimum Gasteiger partial charge on any atom is -0.489 e. The van der Waals surface area contributed by atoms with Crippen molar-refractivity contribution in [1.82, 2.24) is 0 Å². The van der Waals surface area contributed by atoms with Crippen molar-refractivity contribution in [3.05, 3.63) is 82.9 Å². The first kappa shape index (κ1) is 26.9. The predicted molar refractivity (Wildman–Crippen MR) is 140 cm³/mol. The van der Waals surface area contributed by atoms with Gasteiger partial charge < -0.3 is 14.6 Å². The van der Waals surface area contributed by atoms with Crippen LogP contribution in [0.5, 0.6) is 5.75 Å². The molecule has 5 nitrogen and oxygen atoms in total. The highest BCUT2D eigenvalue weighted by Gasteiger charge is 2.45. The third-order valence-electron chi connectivity index (χ3n) is 6.08. The standard InChI is InChI=1S/C28H31ClO5S/c1-3-28(26(30)31,27(32)33-4-2)16-15-21-13-14-24(18-25(21)29)35-23-12-8-11-22(17-23)34-19-20-9-6-5-7-10-20/h5-13,17-18,24H,3-4,14-16,19H2,1-2H3,(H,30,31). The van der Waals surface area contributed by atoms with E-state index in [-0.39, 0.29) is 24.7 Å². The molecule has 1 N–H and O–H groups in total. The fraction of sp³-hybridized carbons (Fsp3) is 0.357. The lowest BCUT2D eigenvalue weighted by Gasteiger charge is -2.27. The highest BCUT2D eigenvalue weighted by atomic mass is 35.5. The number of hydrogen-bond acceptors (Lipinski definition) is 5. The first-order valence-electron chi connectivity index (χ1n) is 11.8. The molecule has 0 saturated carbocycles. The Morgan fingerprint density at radius 3 is 2.57 bits per heavy atom. The number of allylic oxidation sites excluding steroid dienone is 3. The fourth-order valence-electron chi connectivity index (χ4n) is 3.94. The molecule has 3 rings (SSSR count). The molecule has 0 radical (unpaired) electrons. The summed E-state index contributed by atoms with van der Waals surface area (Å²) < 4.78 is 11.0. The van der Waals surface area contributed by atoms with Crippen LogP contribution in [0.2, 0.25) is 0 Å². The molecule has 0 aromatic heterocycles. The molecule has 0 spiro atoms.